The molecule has 0 aliphatic rings. The van der Waals surface area contributed by atoms with Crippen LogP contribution in [0.2, 0.25) is 15.5 Å². The number of halogens is 3. The Balaban J connectivity index is 2.24. The number of aryl methyl sites for hydroxylation is 1. The first-order valence-corrected chi connectivity index (χ1v) is 7.74. The lowest BCUT2D eigenvalue weighted by Crippen LogP contribution is -1.95. The van der Waals surface area contributed by atoms with E-state index in [2.05, 4.69) is 9.97 Å². The molecular formula is C17H11Cl3N2. The zero-order chi connectivity index (χ0) is 15.7. The SMILES string of the molecule is Cc1ccc(-c2c(Cl)nc(Cl)nc2-c2ccc(Cl)cc2)cc1. The standard InChI is InChI=1S/C17H11Cl3N2/c1-10-2-4-11(5-3-10)14-15(21-17(20)22-16(14)19)12-6-8-13(18)9-7-12/h2-9H,1H3. The number of rotatable bonds is 2. The molecule has 110 valence electrons. The van der Waals surface area contributed by atoms with Gasteiger partial charge in [-0.15, -0.1) is 0 Å². The van der Waals surface area contributed by atoms with Gasteiger partial charge in [0.25, 0.3) is 0 Å². The lowest BCUT2D eigenvalue weighted by Gasteiger charge is -2.11. The van der Waals surface area contributed by atoms with Crippen LogP contribution in [0.1, 0.15) is 5.56 Å². The minimum atomic E-state index is 0.116. The number of benzene rings is 2. The molecule has 2 aromatic carbocycles. The summed E-state index contributed by atoms with van der Waals surface area (Å²) < 4.78 is 0. The molecular weight excluding hydrogens is 339 g/mol. The molecule has 5 heteroatoms. The van der Waals surface area contributed by atoms with Crippen LogP contribution in [0.4, 0.5) is 0 Å². The van der Waals surface area contributed by atoms with Gasteiger partial charge in [0, 0.05) is 16.1 Å². The quantitative estimate of drug-likeness (QED) is 0.414. The van der Waals surface area contributed by atoms with Crippen molar-refractivity contribution >= 4 is 34.8 Å². The summed E-state index contributed by atoms with van der Waals surface area (Å²) in [4.78, 5) is 8.43. The molecule has 0 amide bonds. The molecule has 22 heavy (non-hydrogen) atoms. The van der Waals surface area contributed by atoms with E-state index >= 15 is 0 Å². The highest BCUT2D eigenvalue weighted by atomic mass is 35.5. The fraction of sp³-hybridized carbons (Fsp3) is 0.0588. The lowest BCUT2D eigenvalue weighted by molar-refractivity contribution is 1.17. The Hall–Kier alpha value is -1.61. The average Bonchev–Trinajstić information content (AvgIpc) is 2.49. The van der Waals surface area contributed by atoms with Crippen molar-refractivity contribution in [2.75, 3.05) is 0 Å². The predicted molar refractivity (Wildman–Crippen MR) is 92.7 cm³/mol. The monoisotopic (exact) mass is 348 g/mol. The molecule has 1 heterocycles. The summed E-state index contributed by atoms with van der Waals surface area (Å²) in [5, 5.41) is 1.10. The van der Waals surface area contributed by atoms with Crippen LogP contribution in [0.3, 0.4) is 0 Å². The maximum Gasteiger partial charge on any atom is 0.224 e. The van der Waals surface area contributed by atoms with Gasteiger partial charge in [0.05, 0.1) is 5.69 Å². The Morgan fingerprint density at radius 3 is 1.95 bits per heavy atom. The normalized spacial score (nSPS) is 10.7. The summed E-state index contributed by atoms with van der Waals surface area (Å²) in [5.74, 6) is 0. The van der Waals surface area contributed by atoms with Crippen LogP contribution >= 0.6 is 34.8 Å². The van der Waals surface area contributed by atoms with E-state index in [-0.39, 0.29) is 5.28 Å². The highest BCUT2D eigenvalue weighted by molar-refractivity contribution is 6.34. The maximum absolute atomic E-state index is 6.33. The summed E-state index contributed by atoms with van der Waals surface area (Å²) in [5.41, 5.74) is 4.44. The Morgan fingerprint density at radius 1 is 0.727 bits per heavy atom. The van der Waals surface area contributed by atoms with Crippen molar-refractivity contribution in [2.45, 2.75) is 6.92 Å². The van der Waals surface area contributed by atoms with Gasteiger partial charge in [-0.25, -0.2) is 9.97 Å². The van der Waals surface area contributed by atoms with Gasteiger partial charge >= 0.3 is 0 Å². The molecule has 0 spiro atoms. The van der Waals surface area contributed by atoms with E-state index in [1.165, 1.54) is 5.56 Å². The van der Waals surface area contributed by atoms with Crippen molar-refractivity contribution in [3.05, 3.63) is 69.6 Å². The fourth-order valence-electron chi connectivity index (χ4n) is 2.20. The molecule has 3 aromatic rings. The fourth-order valence-corrected chi connectivity index (χ4v) is 2.82. The van der Waals surface area contributed by atoms with Crippen molar-refractivity contribution in [3.63, 3.8) is 0 Å². The molecule has 0 unspecified atom stereocenters. The van der Waals surface area contributed by atoms with Crippen LogP contribution in [0.15, 0.2) is 48.5 Å². The van der Waals surface area contributed by atoms with E-state index in [1.807, 2.05) is 43.3 Å². The van der Waals surface area contributed by atoms with Crippen molar-refractivity contribution in [1.29, 1.82) is 0 Å². The van der Waals surface area contributed by atoms with Crippen molar-refractivity contribution in [2.24, 2.45) is 0 Å². The third kappa shape index (κ3) is 3.09. The van der Waals surface area contributed by atoms with Gasteiger partial charge in [-0.1, -0.05) is 65.2 Å². The number of hydrogen-bond acceptors (Lipinski definition) is 2. The van der Waals surface area contributed by atoms with E-state index in [1.54, 1.807) is 12.1 Å². The Labute approximate surface area is 143 Å². The molecule has 3 rings (SSSR count). The number of aromatic nitrogens is 2. The second-order valence-corrected chi connectivity index (χ2v) is 6.01. The van der Waals surface area contributed by atoms with Crippen molar-refractivity contribution < 1.29 is 0 Å². The molecule has 1 aromatic heterocycles. The summed E-state index contributed by atoms with van der Waals surface area (Å²) in [6.45, 7) is 2.03. The zero-order valence-electron chi connectivity index (χ0n) is 11.6. The third-order valence-corrected chi connectivity index (χ3v) is 3.99. The van der Waals surface area contributed by atoms with Crippen LogP contribution in [-0.2, 0) is 0 Å². The smallest absolute Gasteiger partial charge is 0.217 e. The predicted octanol–water partition coefficient (Wildman–Crippen LogP) is 6.08. The molecule has 0 radical (unpaired) electrons. The first-order chi connectivity index (χ1) is 10.5. The molecule has 0 atom stereocenters. The first-order valence-electron chi connectivity index (χ1n) is 6.60. The average molecular weight is 350 g/mol. The first kappa shape index (κ1) is 15.3. The van der Waals surface area contributed by atoms with Crippen LogP contribution < -0.4 is 0 Å². The number of hydrogen-bond donors (Lipinski definition) is 0. The molecule has 0 N–H and O–H groups in total. The van der Waals surface area contributed by atoms with E-state index in [0.29, 0.717) is 15.9 Å². The van der Waals surface area contributed by atoms with Crippen molar-refractivity contribution in [3.8, 4) is 22.4 Å². The Morgan fingerprint density at radius 2 is 1.32 bits per heavy atom. The molecule has 0 aliphatic carbocycles. The van der Waals surface area contributed by atoms with Gasteiger partial charge < -0.3 is 0 Å². The highest BCUT2D eigenvalue weighted by Crippen LogP contribution is 2.36. The molecule has 0 bridgehead atoms. The second kappa shape index (κ2) is 6.25. The van der Waals surface area contributed by atoms with Gasteiger partial charge in [-0.05, 0) is 36.2 Å². The van der Waals surface area contributed by atoms with Crippen molar-refractivity contribution in [1.82, 2.24) is 9.97 Å². The molecule has 0 fully saturated rings. The summed E-state index contributed by atoms with van der Waals surface area (Å²) in [6, 6.07) is 15.4. The highest BCUT2D eigenvalue weighted by Gasteiger charge is 2.16. The van der Waals surface area contributed by atoms with Gasteiger partial charge in [-0.3, -0.25) is 0 Å². The molecule has 2 nitrogen and oxygen atoms in total. The second-order valence-electron chi connectivity index (χ2n) is 4.88. The van der Waals surface area contributed by atoms with E-state index < -0.39 is 0 Å². The van der Waals surface area contributed by atoms with E-state index in [0.717, 1.165) is 16.7 Å². The Kier molecular flexibility index (Phi) is 4.34. The molecule has 0 saturated carbocycles. The molecule has 0 aliphatic heterocycles. The third-order valence-electron chi connectivity index (χ3n) is 3.30. The van der Waals surface area contributed by atoms with Crippen LogP contribution in [0.25, 0.3) is 22.4 Å². The lowest BCUT2D eigenvalue weighted by atomic mass is 10.00. The molecule has 0 saturated heterocycles. The summed E-state index contributed by atoms with van der Waals surface area (Å²) >= 11 is 18.3. The number of nitrogens with zero attached hydrogens (tertiary/aromatic N) is 2. The van der Waals surface area contributed by atoms with Crippen LogP contribution in [-0.4, -0.2) is 9.97 Å². The maximum atomic E-state index is 6.33. The van der Waals surface area contributed by atoms with Gasteiger partial charge in [0.15, 0.2) is 0 Å². The van der Waals surface area contributed by atoms with Gasteiger partial charge in [0.1, 0.15) is 5.15 Å². The van der Waals surface area contributed by atoms with Gasteiger partial charge in [0.2, 0.25) is 5.28 Å². The van der Waals surface area contributed by atoms with Gasteiger partial charge in [-0.2, -0.15) is 0 Å². The Bertz CT molecular complexity index is 813. The summed E-state index contributed by atoms with van der Waals surface area (Å²) in [7, 11) is 0. The van der Waals surface area contributed by atoms with Crippen LogP contribution in [0.5, 0.6) is 0 Å². The topological polar surface area (TPSA) is 25.8 Å². The van der Waals surface area contributed by atoms with Crippen LogP contribution in [0, 0.1) is 6.92 Å². The largest absolute Gasteiger partial charge is 0.224 e. The van der Waals surface area contributed by atoms with E-state index in [9.17, 15) is 0 Å². The zero-order valence-corrected chi connectivity index (χ0v) is 13.9. The minimum absolute atomic E-state index is 0.116. The minimum Gasteiger partial charge on any atom is -0.217 e. The van der Waals surface area contributed by atoms with E-state index in [4.69, 9.17) is 34.8 Å². The summed E-state index contributed by atoms with van der Waals surface area (Å²) in [6.07, 6.45) is 0.